The Morgan fingerprint density at radius 3 is 2.62 bits per heavy atom. The van der Waals surface area contributed by atoms with Gasteiger partial charge < -0.3 is 10.3 Å². The first-order valence-corrected chi connectivity index (χ1v) is 6.47. The molecule has 0 spiro atoms. The van der Waals surface area contributed by atoms with Gasteiger partial charge in [0.2, 0.25) is 0 Å². The molecule has 0 radical (unpaired) electrons. The quantitative estimate of drug-likeness (QED) is 0.854. The van der Waals surface area contributed by atoms with E-state index in [9.17, 15) is 27.2 Å². The van der Waals surface area contributed by atoms with Crippen LogP contribution in [0.5, 0.6) is 0 Å². The number of hydrogen-bond donors (Lipinski definition) is 2. The fourth-order valence-corrected chi connectivity index (χ4v) is 2.18. The van der Waals surface area contributed by atoms with Crippen LogP contribution in [0, 0.1) is 5.82 Å². The minimum Gasteiger partial charge on any atom is -0.346 e. The highest BCUT2D eigenvalue weighted by Gasteiger charge is 2.35. The summed E-state index contributed by atoms with van der Waals surface area (Å²) in [6.45, 7) is -0.118. The molecule has 2 N–H and O–H groups in total. The van der Waals surface area contributed by atoms with Gasteiger partial charge in [-0.3, -0.25) is 9.59 Å². The van der Waals surface area contributed by atoms with E-state index in [0.29, 0.717) is 11.8 Å². The first-order chi connectivity index (χ1) is 9.79. The number of H-pyrrole nitrogens is 1. The van der Waals surface area contributed by atoms with Crippen molar-refractivity contribution in [3.8, 4) is 0 Å². The number of rotatable bonds is 3. The van der Waals surface area contributed by atoms with E-state index in [2.05, 4.69) is 10.3 Å². The van der Waals surface area contributed by atoms with Crippen molar-refractivity contribution in [1.29, 1.82) is 0 Å². The van der Waals surface area contributed by atoms with E-state index in [1.165, 1.54) is 5.38 Å². The van der Waals surface area contributed by atoms with Crippen molar-refractivity contribution in [3.05, 3.63) is 55.9 Å². The number of carbonyl (C=O) groups excluding carboxylic acids is 1. The third-order valence-electron chi connectivity index (χ3n) is 2.56. The fraction of sp³-hybridized carbons (Fsp3) is 0.167. The second kappa shape index (κ2) is 5.68. The summed E-state index contributed by atoms with van der Waals surface area (Å²) in [5.74, 6) is -2.62. The molecule has 2 aromatic rings. The number of aromatic nitrogens is 1. The third-order valence-corrected chi connectivity index (χ3v) is 3.28. The van der Waals surface area contributed by atoms with Crippen LogP contribution in [0.2, 0.25) is 0 Å². The van der Waals surface area contributed by atoms with Crippen LogP contribution < -0.4 is 10.2 Å². The SMILES string of the molecule is O=C(NCc1csc(=O)[nH]1)c1cccc(C(F)(F)F)c1F. The van der Waals surface area contributed by atoms with Crippen LogP contribution in [0.25, 0.3) is 0 Å². The smallest absolute Gasteiger partial charge is 0.346 e. The van der Waals surface area contributed by atoms with Crippen LogP contribution in [0.3, 0.4) is 0 Å². The molecule has 1 amide bonds. The second-order valence-electron chi connectivity index (χ2n) is 4.02. The summed E-state index contributed by atoms with van der Waals surface area (Å²) in [6, 6.07) is 2.46. The number of benzene rings is 1. The molecular formula is C12H8F4N2O2S. The van der Waals surface area contributed by atoms with Gasteiger partial charge in [0.05, 0.1) is 17.7 Å². The van der Waals surface area contributed by atoms with E-state index in [0.717, 1.165) is 23.5 Å². The van der Waals surface area contributed by atoms with Gasteiger partial charge in [0.1, 0.15) is 5.82 Å². The fourth-order valence-electron chi connectivity index (χ4n) is 1.60. The van der Waals surface area contributed by atoms with Gasteiger partial charge in [-0.1, -0.05) is 17.4 Å². The maximum Gasteiger partial charge on any atom is 0.419 e. The minimum absolute atomic E-state index is 0.118. The molecule has 112 valence electrons. The molecule has 0 saturated carbocycles. The van der Waals surface area contributed by atoms with Crippen LogP contribution in [-0.2, 0) is 12.7 Å². The van der Waals surface area contributed by atoms with E-state index in [1.807, 2.05) is 0 Å². The Labute approximate surface area is 119 Å². The standard InChI is InChI=1S/C12H8F4N2O2S/c13-9-7(2-1-3-8(9)12(14,15)16)10(19)17-4-6-5-21-11(20)18-6/h1-3,5H,4H2,(H,17,19)(H,18,20). The number of aromatic amines is 1. The molecule has 0 bridgehead atoms. The zero-order valence-electron chi connectivity index (χ0n) is 10.3. The first-order valence-electron chi connectivity index (χ1n) is 5.59. The highest BCUT2D eigenvalue weighted by molar-refractivity contribution is 7.07. The van der Waals surface area contributed by atoms with Crippen molar-refractivity contribution < 1.29 is 22.4 Å². The predicted octanol–water partition coefficient (Wildman–Crippen LogP) is 2.52. The van der Waals surface area contributed by atoms with Crippen LogP contribution in [0.1, 0.15) is 21.6 Å². The maximum atomic E-state index is 13.7. The molecule has 4 nitrogen and oxygen atoms in total. The summed E-state index contributed by atoms with van der Waals surface area (Å²) in [5, 5.41) is 3.69. The molecule has 2 rings (SSSR count). The lowest BCUT2D eigenvalue weighted by molar-refractivity contribution is -0.140. The Balaban J connectivity index is 2.18. The summed E-state index contributed by atoms with van der Waals surface area (Å²) >= 11 is 0.876. The average Bonchev–Trinajstić information content (AvgIpc) is 2.80. The molecular weight excluding hydrogens is 312 g/mol. The van der Waals surface area contributed by atoms with Gasteiger partial charge in [-0.15, -0.1) is 0 Å². The number of amides is 1. The number of carbonyl (C=O) groups is 1. The minimum atomic E-state index is -4.88. The Hall–Kier alpha value is -2.16. The number of nitrogens with one attached hydrogen (secondary N) is 2. The molecule has 1 aromatic heterocycles. The van der Waals surface area contributed by atoms with Crippen molar-refractivity contribution >= 4 is 17.2 Å². The highest BCUT2D eigenvalue weighted by Crippen LogP contribution is 2.32. The maximum absolute atomic E-state index is 13.7. The zero-order valence-corrected chi connectivity index (χ0v) is 11.1. The number of thiazole rings is 1. The van der Waals surface area contributed by atoms with E-state index < -0.39 is 29.0 Å². The Morgan fingerprint density at radius 1 is 1.33 bits per heavy atom. The molecule has 21 heavy (non-hydrogen) atoms. The first kappa shape index (κ1) is 15.2. The molecule has 1 aromatic carbocycles. The van der Waals surface area contributed by atoms with Gasteiger partial charge in [-0.05, 0) is 12.1 Å². The summed E-state index contributed by atoms with van der Waals surface area (Å²) in [6.07, 6.45) is -4.88. The monoisotopic (exact) mass is 320 g/mol. The Morgan fingerprint density at radius 2 is 2.05 bits per heavy atom. The van der Waals surface area contributed by atoms with Crippen molar-refractivity contribution in [2.24, 2.45) is 0 Å². The molecule has 0 aliphatic rings. The van der Waals surface area contributed by atoms with Crippen LogP contribution in [-0.4, -0.2) is 10.9 Å². The van der Waals surface area contributed by atoms with Crippen molar-refractivity contribution in [3.63, 3.8) is 0 Å². The van der Waals surface area contributed by atoms with Gasteiger partial charge in [0, 0.05) is 11.1 Å². The number of alkyl halides is 3. The molecule has 1 heterocycles. The number of halogens is 4. The molecule has 9 heteroatoms. The van der Waals surface area contributed by atoms with Crippen LogP contribution in [0.15, 0.2) is 28.4 Å². The zero-order chi connectivity index (χ0) is 15.6. The van der Waals surface area contributed by atoms with E-state index in [-0.39, 0.29) is 11.4 Å². The Kier molecular flexibility index (Phi) is 4.12. The second-order valence-corrected chi connectivity index (χ2v) is 4.86. The topological polar surface area (TPSA) is 62.0 Å². The summed E-state index contributed by atoms with van der Waals surface area (Å²) in [5.41, 5.74) is -1.83. The lowest BCUT2D eigenvalue weighted by Crippen LogP contribution is -2.25. The molecule has 0 atom stereocenters. The van der Waals surface area contributed by atoms with Crippen LogP contribution >= 0.6 is 11.3 Å². The van der Waals surface area contributed by atoms with Crippen molar-refractivity contribution in [1.82, 2.24) is 10.3 Å². The Bertz CT molecular complexity index is 721. The lowest BCUT2D eigenvalue weighted by atomic mass is 10.1. The molecule has 0 unspecified atom stereocenters. The average molecular weight is 320 g/mol. The highest BCUT2D eigenvalue weighted by atomic mass is 32.1. The summed E-state index contributed by atoms with van der Waals surface area (Å²) < 4.78 is 51.3. The number of hydrogen-bond acceptors (Lipinski definition) is 3. The van der Waals surface area contributed by atoms with Gasteiger partial charge in [0.25, 0.3) is 5.91 Å². The van der Waals surface area contributed by atoms with E-state index in [1.54, 1.807) is 0 Å². The predicted molar refractivity (Wildman–Crippen MR) is 67.5 cm³/mol. The normalized spacial score (nSPS) is 11.4. The summed E-state index contributed by atoms with van der Waals surface area (Å²) in [4.78, 5) is 24.7. The van der Waals surface area contributed by atoms with Gasteiger partial charge >= 0.3 is 11.0 Å². The lowest BCUT2D eigenvalue weighted by Gasteiger charge is -2.11. The largest absolute Gasteiger partial charge is 0.419 e. The van der Waals surface area contributed by atoms with Crippen molar-refractivity contribution in [2.45, 2.75) is 12.7 Å². The van der Waals surface area contributed by atoms with Crippen LogP contribution in [0.4, 0.5) is 17.6 Å². The molecule has 0 aliphatic carbocycles. The summed E-state index contributed by atoms with van der Waals surface area (Å²) in [7, 11) is 0. The molecule has 0 fully saturated rings. The molecule has 0 aliphatic heterocycles. The van der Waals surface area contributed by atoms with E-state index >= 15 is 0 Å². The van der Waals surface area contributed by atoms with Crippen molar-refractivity contribution in [2.75, 3.05) is 0 Å². The van der Waals surface area contributed by atoms with Gasteiger partial charge in [-0.25, -0.2) is 4.39 Å². The molecule has 0 saturated heterocycles. The third kappa shape index (κ3) is 3.48. The van der Waals surface area contributed by atoms with Gasteiger partial charge in [0.15, 0.2) is 0 Å². The van der Waals surface area contributed by atoms with E-state index in [4.69, 9.17) is 0 Å². The van der Waals surface area contributed by atoms with Gasteiger partial charge in [-0.2, -0.15) is 13.2 Å².